The van der Waals surface area contributed by atoms with E-state index >= 15 is 0 Å². The SMILES string of the molecule is CC(=O)N[C@H](C(=O)N[C@@H](CCC(C)C)B(O)O)[C@@H](C)O. The second kappa shape index (κ2) is 8.94. The van der Waals surface area contributed by atoms with Gasteiger partial charge in [-0.15, -0.1) is 0 Å². The van der Waals surface area contributed by atoms with Crippen LogP contribution < -0.4 is 10.6 Å². The Morgan fingerprint density at radius 1 is 1.10 bits per heavy atom. The molecule has 3 atom stereocenters. The van der Waals surface area contributed by atoms with Gasteiger partial charge in [0.05, 0.1) is 12.0 Å². The Balaban J connectivity index is 4.66. The van der Waals surface area contributed by atoms with Crippen molar-refractivity contribution < 1.29 is 24.7 Å². The van der Waals surface area contributed by atoms with Crippen molar-refractivity contribution in [2.45, 2.75) is 58.6 Å². The molecule has 7 nitrogen and oxygen atoms in total. The predicted octanol–water partition coefficient (Wildman–Crippen LogP) is -1.20. The van der Waals surface area contributed by atoms with Gasteiger partial charge in [-0.05, 0) is 25.7 Å². The smallest absolute Gasteiger partial charge is 0.426 e. The molecule has 20 heavy (non-hydrogen) atoms. The van der Waals surface area contributed by atoms with Gasteiger partial charge >= 0.3 is 7.12 Å². The lowest BCUT2D eigenvalue weighted by atomic mass is 9.75. The highest BCUT2D eigenvalue weighted by atomic mass is 16.4. The zero-order chi connectivity index (χ0) is 15.9. The van der Waals surface area contributed by atoms with Gasteiger partial charge in [0, 0.05) is 6.92 Å². The van der Waals surface area contributed by atoms with Gasteiger partial charge in [-0.1, -0.05) is 13.8 Å². The van der Waals surface area contributed by atoms with E-state index in [9.17, 15) is 24.7 Å². The van der Waals surface area contributed by atoms with Crippen LogP contribution in [0.3, 0.4) is 0 Å². The zero-order valence-electron chi connectivity index (χ0n) is 12.5. The molecule has 116 valence electrons. The van der Waals surface area contributed by atoms with Gasteiger partial charge < -0.3 is 25.8 Å². The Hall–Kier alpha value is -1.12. The first-order chi connectivity index (χ1) is 9.15. The monoisotopic (exact) mass is 288 g/mol. The van der Waals surface area contributed by atoms with Crippen molar-refractivity contribution in [3.05, 3.63) is 0 Å². The van der Waals surface area contributed by atoms with E-state index in [0.29, 0.717) is 18.8 Å². The molecule has 0 aliphatic rings. The molecule has 0 aromatic carbocycles. The average molecular weight is 288 g/mol. The summed E-state index contributed by atoms with van der Waals surface area (Å²) in [5, 5.41) is 32.8. The molecule has 0 aliphatic heterocycles. The van der Waals surface area contributed by atoms with Crippen molar-refractivity contribution in [2.24, 2.45) is 5.92 Å². The van der Waals surface area contributed by atoms with Gasteiger partial charge in [-0.3, -0.25) is 9.59 Å². The lowest BCUT2D eigenvalue weighted by Crippen LogP contribution is -2.57. The highest BCUT2D eigenvalue weighted by Gasteiger charge is 2.30. The number of aliphatic hydroxyl groups is 1. The van der Waals surface area contributed by atoms with Crippen molar-refractivity contribution in [1.29, 1.82) is 0 Å². The standard InChI is InChI=1S/C12H25BN2O5/c1-7(2)5-6-10(13(19)20)15-12(18)11(8(3)16)14-9(4)17/h7-8,10-11,16,19-20H,5-6H2,1-4H3,(H,14,17)(H,15,18)/t8-,10+,11+/m1/s1. The van der Waals surface area contributed by atoms with Crippen molar-refractivity contribution in [1.82, 2.24) is 10.6 Å². The molecule has 0 aromatic heterocycles. The fourth-order valence-electron chi connectivity index (χ4n) is 1.71. The number of rotatable bonds is 8. The van der Waals surface area contributed by atoms with Crippen molar-refractivity contribution in [3.8, 4) is 0 Å². The topological polar surface area (TPSA) is 119 Å². The van der Waals surface area contributed by atoms with Crippen molar-refractivity contribution in [2.75, 3.05) is 0 Å². The number of aliphatic hydroxyl groups excluding tert-OH is 1. The Morgan fingerprint density at radius 3 is 2.00 bits per heavy atom. The zero-order valence-corrected chi connectivity index (χ0v) is 12.5. The number of nitrogens with one attached hydrogen (secondary N) is 2. The first kappa shape index (κ1) is 18.9. The molecule has 0 bridgehead atoms. The van der Waals surface area contributed by atoms with Crippen LogP contribution in [0.1, 0.15) is 40.5 Å². The fourth-order valence-corrected chi connectivity index (χ4v) is 1.71. The van der Waals surface area contributed by atoms with Crippen LogP contribution in [-0.2, 0) is 9.59 Å². The highest BCUT2D eigenvalue weighted by molar-refractivity contribution is 6.43. The number of carbonyl (C=O) groups excluding carboxylic acids is 2. The molecule has 0 aromatic rings. The van der Waals surface area contributed by atoms with E-state index < -0.39 is 37.0 Å². The Bertz CT molecular complexity index is 323. The van der Waals surface area contributed by atoms with Gasteiger partial charge in [-0.2, -0.15) is 0 Å². The molecule has 8 heteroatoms. The third-order valence-corrected chi connectivity index (χ3v) is 2.87. The predicted molar refractivity (Wildman–Crippen MR) is 75.5 cm³/mol. The molecule has 0 aliphatic carbocycles. The van der Waals surface area contributed by atoms with Gasteiger partial charge in [0.2, 0.25) is 11.8 Å². The summed E-state index contributed by atoms with van der Waals surface area (Å²) in [6, 6.07) is -1.12. The molecule has 2 amide bonds. The molecule has 0 unspecified atom stereocenters. The quantitative estimate of drug-likeness (QED) is 0.360. The van der Waals surface area contributed by atoms with Crippen LogP contribution in [0, 0.1) is 5.92 Å². The van der Waals surface area contributed by atoms with Crippen LogP contribution in [-0.4, -0.2) is 52.2 Å². The fraction of sp³-hybridized carbons (Fsp3) is 0.833. The highest BCUT2D eigenvalue weighted by Crippen LogP contribution is 2.08. The van der Waals surface area contributed by atoms with Crippen LogP contribution in [0.5, 0.6) is 0 Å². The van der Waals surface area contributed by atoms with Crippen LogP contribution >= 0.6 is 0 Å². The number of amides is 2. The Labute approximate surface area is 119 Å². The Morgan fingerprint density at radius 2 is 1.65 bits per heavy atom. The van der Waals surface area contributed by atoms with Gasteiger partial charge in [0.15, 0.2) is 0 Å². The largest absolute Gasteiger partial charge is 0.475 e. The van der Waals surface area contributed by atoms with Crippen LogP contribution in [0.4, 0.5) is 0 Å². The molecular weight excluding hydrogens is 263 g/mol. The second-order valence-corrected chi connectivity index (χ2v) is 5.42. The summed E-state index contributed by atoms with van der Waals surface area (Å²) in [5.74, 6) is -1.57. The normalized spacial score (nSPS) is 15.4. The minimum atomic E-state index is -1.69. The first-order valence-corrected chi connectivity index (χ1v) is 6.76. The van der Waals surface area contributed by atoms with Crippen molar-refractivity contribution >= 4 is 18.9 Å². The van der Waals surface area contributed by atoms with E-state index in [4.69, 9.17) is 0 Å². The van der Waals surface area contributed by atoms with Crippen LogP contribution in [0.2, 0.25) is 0 Å². The summed E-state index contributed by atoms with van der Waals surface area (Å²) < 4.78 is 0. The van der Waals surface area contributed by atoms with Gasteiger partial charge in [-0.25, -0.2) is 0 Å². The third kappa shape index (κ3) is 7.47. The molecule has 0 rings (SSSR count). The Kier molecular flexibility index (Phi) is 8.44. The molecule has 0 fully saturated rings. The summed E-state index contributed by atoms with van der Waals surface area (Å²) in [5.41, 5.74) is 0. The van der Waals surface area contributed by atoms with Gasteiger partial charge in [0.1, 0.15) is 6.04 Å². The van der Waals surface area contributed by atoms with Crippen LogP contribution in [0.15, 0.2) is 0 Å². The van der Waals surface area contributed by atoms with E-state index in [-0.39, 0.29) is 0 Å². The van der Waals surface area contributed by atoms with Crippen LogP contribution in [0.25, 0.3) is 0 Å². The van der Waals surface area contributed by atoms with E-state index in [0.717, 1.165) is 0 Å². The lowest BCUT2D eigenvalue weighted by molar-refractivity contribution is -0.131. The van der Waals surface area contributed by atoms with E-state index in [1.165, 1.54) is 13.8 Å². The minimum Gasteiger partial charge on any atom is -0.426 e. The third-order valence-electron chi connectivity index (χ3n) is 2.87. The number of hydrogen-bond acceptors (Lipinski definition) is 5. The molecule has 0 spiro atoms. The molecule has 0 radical (unpaired) electrons. The number of carbonyl (C=O) groups is 2. The molecule has 0 saturated carbocycles. The summed E-state index contributed by atoms with van der Waals surface area (Å²) in [4.78, 5) is 23.0. The first-order valence-electron chi connectivity index (χ1n) is 6.76. The summed E-state index contributed by atoms with van der Waals surface area (Å²) in [6.07, 6.45) is 0.0240. The molecule has 0 saturated heterocycles. The minimum absolute atomic E-state index is 0.357. The van der Waals surface area contributed by atoms with Gasteiger partial charge in [0.25, 0.3) is 0 Å². The van der Waals surface area contributed by atoms with E-state index in [2.05, 4.69) is 10.6 Å². The molecular formula is C12H25BN2O5. The lowest BCUT2D eigenvalue weighted by Gasteiger charge is -2.24. The maximum atomic E-state index is 12.0. The van der Waals surface area contributed by atoms with Crippen molar-refractivity contribution in [3.63, 3.8) is 0 Å². The van der Waals surface area contributed by atoms with E-state index in [1.54, 1.807) is 0 Å². The summed E-state index contributed by atoms with van der Waals surface area (Å²) in [6.45, 7) is 6.58. The maximum absolute atomic E-state index is 12.0. The molecule has 5 N–H and O–H groups in total. The number of hydrogen-bond donors (Lipinski definition) is 5. The average Bonchev–Trinajstić information content (AvgIpc) is 2.29. The maximum Gasteiger partial charge on any atom is 0.475 e. The second-order valence-electron chi connectivity index (χ2n) is 5.42. The summed E-state index contributed by atoms with van der Waals surface area (Å²) >= 11 is 0. The van der Waals surface area contributed by atoms with E-state index in [1.807, 2.05) is 13.8 Å². The summed E-state index contributed by atoms with van der Waals surface area (Å²) in [7, 11) is -1.69. The molecule has 0 heterocycles.